The van der Waals surface area contributed by atoms with Gasteiger partial charge in [0.15, 0.2) is 0 Å². The highest BCUT2D eigenvalue weighted by atomic mass is 14.8. The molecule has 1 heteroatoms. The lowest BCUT2D eigenvalue weighted by molar-refractivity contribution is 0.515. The second-order valence-corrected chi connectivity index (χ2v) is 3.88. The van der Waals surface area contributed by atoms with Crippen LogP contribution in [0, 0.1) is 5.41 Å². The van der Waals surface area contributed by atoms with Crippen molar-refractivity contribution < 1.29 is 0 Å². The van der Waals surface area contributed by atoms with Crippen LogP contribution < -0.4 is 5.32 Å². The molecule has 0 radical (unpaired) electrons. The summed E-state index contributed by atoms with van der Waals surface area (Å²) in [6.07, 6.45) is 3.80. The Kier molecular flexibility index (Phi) is 3.81. The van der Waals surface area contributed by atoms with Gasteiger partial charge in [0, 0.05) is 7.05 Å². The van der Waals surface area contributed by atoms with Crippen LogP contribution in [0.5, 0.6) is 0 Å². The maximum Gasteiger partial charge on any atom is 0.00277 e. The van der Waals surface area contributed by atoms with E-state index in [2.05, 4.69) is 39.2 Å². The summed E-state index contributed by atoms with van der Waals surface area (Å²) in [7, 11) is 1.86. The van der Waals surface area contributed by atoms with Crippen molar-refractivity contribution in [2.75, 3.05) is 7.05 Å². The molecule has 0 atom stereocenters. The molecular weight excluding hydrogens is 146 g/mol. The van der Waals surface area contributed by atoms with Crippen molar-refractivity contribution in [1.82, 2.24) is 5.32 Å². The summed E-state index contributed by atoms with van der Waals surface area (Å²) in [5.74, 6) is 0. The molecule has 0 heterocycles. The fourth-order valence-electron chi connectivity index (χ4n) is 0.766. The fourth-order valence-corrected chi connectivity index (χ4v) is 0.766. The molecule has 0 fully saturated rings. The Balaban J connectivity index is 4.32. The van der Waals surface area contributed by atoms with Crippen LogP contribution in [0.3, 0.4) is 0 Å². The van der Waals surface area contributed by atoms with E-state index >= 15 is 0 Å². The second-order valence-electron chi connectivity index (χ2n) is 3.88. The van der Waals surface area contributed by atoms with Crippen molar-refractivity contribution >= 4 is 0 Å². The van der Waals surface area contributed by atoms with E-state index in [0.717, 1.165) is 11.1 Å². The third-order valence-electron chi connectivity index (χ3n) is 1.74. The number of nitrogens with one attached hydrogen (secondary N) is 1. The van der Waals surface area contributed by atoms with Crippen LogP contribution in [0.4, 0.5) is 0 Å². The summed E-state index contributed by atoms with van der Waals surface area (Å²) < 4.78 is 0. The Morgan fingerprint density at radius 3 is 2.08 bits per heavy atom. The van der Waals surface area contributed by atoms with Gasteiger partial charge in [0.25, 0.3) is 0 Å². The highest BCUT2D eigenvalue weighted by molar-refractivity contribution is 5.38. The molecular formula is C11H19N. The number of rotatable bonds is 3. The molecule has 0 amide bonds. The van der Waals surface area contributed by atoms with Gasteiger partial charge in [0.2, 0.25) is 0 Å². The van der Waals surface area contributed by atoms with Crippen LogP contribution in [-0.4, -0.2) is 7.05 Å². The van der Waals surface area contributed by atoms with Crippen LogP contribution >= 0.6 is 0 Å². The average Bonchev–Trinajstić information content (AvgIpc) is 1.97. The molecule has 0 aliphatic heterocycles. The molecule has 0 rings (SSSR count). The quantitative estimate of drug-likeness (QED) is 0.634. The van der Waals surface area contributed by atoms with E-state index in [1.54, 1.807) is 0 Å². The van der Waals surface area contributed by atoms with Gasteiger partial charge in [-0.05, 0) is 28.8 Å². The van der Waals surface area contributed by atoms with Gasteiger partial charge in [-0.15, -0.1) is 0 Å². The number of hydrogen-bond acceptors (Lipinski definition) is 1. The molecule has 68 valence electrons. The molecule has 0 saturated heterocycles. The van der Waals surface area contributed by atoms with E-state index in [1.807, 2.05) is 19.3 Å². The van der Waals surface area contributed by atoms with Gasteiger partial charge in [0.1, 0.15) is 0 Å². The summed E-state index contributed by atoms with van der Waals surface area (Å²) in [6.45, 7) is 14.3. The Morgan fingerprint density at radius 1 is 1.25 bits per heavy atom. The molecule has 0 aromatic rings. The van der Waals surface area contributed by atoms with E-state index in [9.17, 15) is 0 Å². The first-order chi connectivity index (χ1) is 5.39. The van der Waals surface area contributed by atoms with E-state index in [-0.39, 0.29) is 5.41 Å². The molecule has 0 aliphatic rings. The fraction of sp³-hybridized carbons (Fsp3) is 0.455. The SMILES string of the molecule is C=C(/C=C\NC)C(=C)C(C)(C)C. The zero-order valence-electron chi connectivity index (χ0n) is 8.57. The third kappa shape index (κ3) is 3.42. The summed E-state index contributed by atoms with van der Waals surface area (Å²) in [6, 6.07) is 0. The van der Waals surface area contributed by atoms with Crippen molar-refractivity contribution in [2.24, 2.45) is 5.41 Å². The number of allylic oxidation sites excluding steroid dienone is 3. The Hall–Kier alpha value is -0.980. The summed E-state index contributed by atoms with van der Waals surface area (Å²) in [4.78, 5) is 0. The lowest BCUT2D eigenvalue weighted by Gasteiger charge is -2.21. The van der Waals surface area contributed by atoms with Gasteiger partial charge in [-0.1, -0.05) is 33.9 Å². The van der Waals surface area contributed by atoms with Crippen LogP contribution in [0.15, 0.2) is 36.6 Å². The van der Waals surface area contributed by atoms with E-state index in [1.165, 1.54) is 0 Å². The molecule has 0 bridgehead atoms. The van der Waals surface area contributed by atoms with Gasteiger partial charge >= 0.3 is 0 Å². The summed E-state index contributed by atoms with van der Waals surface area (Å²) in [5, 5.41) is 2.92. The van der Waals surface area contributed by atoms with Gasteiger partial charge in [0.05, 0.1) is 0 Å². The van der Waals surface area contributed by atoms with Crippen LogP contribution in [0.2, 0.25) is 0 Å². The van der Waals surface area contributed by atoms with Crippen molar-refractivity contribution in [3.8, 4) is 0 Å². The molecule has 0 saturated carbocycles. The second kappa shape index (κ2) is 4.15. The van der Waals surface area contributed by atoms with Gasteiger partial charge in [-0.25, -0.2) is 0 Å². The van der Waals surface area contributed by atoms with Crippen molar-refractivity contribution in [1.29, 1.82) is 0 Å². The lowest BCUT2D eigenvalue weighted by Crippen LogP contribution is -2.09. The molecule has 0 unspecified atom stereocenters. The minimum Gasteiger partial charge on any atom is -0.394 e. The highest BCUT2D eigenvalue weighted by Gasteiger charge is 2.15. The summed E-state index contributed by atoms with van der Waals surface area (Å²) >= 11 is 0. The lowest BCUT2D eigenvalue weighted by atomic mass is 9.83. The predicted octanol–water partition coefficient (Wildman–Crippen LogP) is 2.88. The first kappa shape index (κ1) is 11.0. The smallest absolute Gasteiger partial charge is 0.00277 e. The maximum absolute atomic E-state index is 4.00. The normalized spacial score (nSPS) is 11.7. The summed E-state index contributed by atoms with van der Waals surface area (Å²) in [5.41, 5.74) is 2.17. The van der Waals surface area contributed by atoms with Crippen LogP contribution in [-0.2, 0) is 0 Å². The third-order valence-corrected chi connectivity index (χ3v) is 1.74. The van der Waals surface area contributed by atoms with E-state index in [0.29, 0.717) is 0 Å². The highest BCUT2D eigenvalue weighted by Crippen LogP contribution is 2.28. The first-order valence-corrected chi connectivity index (χ1v) is 4.12. The molecule has 1 N–H and O–H groups in total. The zero-order valence-corrected chi connectivity index (χ0v) is 8.57. The Labute approximate surface area is 75.9 Å². The standard InChI is InChI=1S/C11H19N/c1-9(7-8-12-6)10(2)11(3,4)5/h7-8,12H,1-2H2,3-6H3/b8-7-. The van der Waals surface area contributed by atoms with Crippen molar-refractivity contribution in [3.05, 3.63) is 36.6 Å². The van der Waals surface area contributed by atoms with Crippen molar-refractivity contribution in [2.45, 2.75) is 20.8 Å². The predicted molar refractivity (Wildman–Crippen MR) is 55.9 cm³/mol. The maximum atomic E-state index is 4.00. The monoisotopic (exact) mass is 165 g/mol. The molecule has 0 aromatic carbocycles. The Morgan fingerprint density at radius 2 is 1.75 bits per heavy atom. The molecule has 0 aliphatic carbocycles. The van der Waals surface area contributed by atoms with Gasteiger partial charge < -0.3 is 5.32 Å². The first-order valence-electron chi connectivity index (χ1n) is 4.12. The molecule has 0 aromatic heterocycles. The van der Waals surface area contributed by atoms with Gasteiger partial charge in [-0.2, -0.15) is 0 Å². The van der Waals surface area contributed by atoms with Crippen LogP contribution in [0.25, 0.3) is 0 Å². The minimum atomic E-state index is 0.106. The minimum absolute atomic E-state index is 0.106. The van der Waals surface area contributed by atoms with E-state index in [4.69, 9.17) is 0 Å². The topological polar surface area (TPSA) is 12.0 Å². The largest absolute Gasteiger partial charge is 0.394 e. The average molecular weight is 165 g/mol. The molecule has 0 spiro atoms. The van der Waals surface area contributed by atoms with Crippen molar-refractivity contribution in [3.63, 3.8) is 0 Å². The van der Waals surface area contributed by atoms with Crippen LogP contribution in [0.1, 0.15) is 20.8 Å². The van der Waals surface area contributed by atoms with Gasteiger partial charge in [-0.3, -0.25) is 0 Å². The Bertz CT molecular complexity index is 204. The number of hydrogen-bond donors (Lipinski definition) is 1. The van der Waals surface area contributed by atoms with E-state index < -0.39 is 0 Å². The zero-order chi connectivity index (χ0) is 9.78. The molecule has 1 nitrogen and oxygen atoms in total. The molecule has 12 heavy (non-hydrogen) atoms.